The zero-order valence-electron chi connectivity index (χ0n) is 12.2. The van der Waals surface area contributed by atoms with E-state index in [0.717, 1.165) is 36.2 Å². The number of ether oxygens (including phenoxy) is 1. The highest BCUT2D eigenvalue weighted by atomic mass is 79.9. The lowest BCUT2D eigenvalue weighted by Gasteiger charge is -2.19. The summed E-state index contributed by atoms with van der Waals surface area (Å²) in [5.74, 6) is 0.925. The first-order valence-electron chi connectivity index (χ1n) is 7.30. The van der Waals surface area contributed by atoms with Gasteiger partial charge in [-0.1, -0.05) is 44.2 Å². The van der Waals surface area contributed by atoms with E-state index >= 15 is 0 Å². The predicted octanol–water partition coefficient (Wildman–Crippen LogP) is 4.76. The number of fused-ring (bicyclic) bond motifs is 1. The quantitative estimate of drug-likeness (QED) is 0.736. The van der Waals surface area contributed by atoms with Crippen LogP contribution >= 0.6 is 15.9 Å². The van der Waals surface area contributed by atoms with E-state index < -0.39 is 0 Å². The molecule has 0 aliphatic heterocycles. The summed E-state index contributed by atoms with van der Waals surface area (Å²) in [5.41, 5.74) is 0. The van der Waals surface area contributed by atoms with Gasteiger partial charge in [0.1, 0.15) is 11.9 Å². The van der Waals surface area contributed by atoms with Crippen LogP contribution in [0.2, 0.25) is 0 Å². The average Bonchev–Trinajstić information content (AvgIpc) is 2.49. The normalized spacial score (nSPS) is 12.6. The van der Waals surface area contributed by atoms with Crippen molar-refractivity contribution in [2.45, 2.75) is 32.8 Å². The van der Waals surface area contributed by atoms with Crippen molar-refractivity contribution >= 4 is 26.7 Å². The topological polar surface area (TPSA) is 21.3 Å². The maximum atomic E-state index is 6.14. The first-order valence-corrected chi connectivity index (χ1v) is 8.10. The van der Waals surface area contributed by atoms with Gasteiger partial charge in [-0.25, -0.2) is 0 Å². The Kier molecular flexibility index (Phi) is 5.86. The summed E-state index contributed by atoms with van der Waals surface area (Å²) in [6.45, 7) is 6.27. The number of nitrogens with one attached hydrogen (secondary N) is 1. The minimum absolute atomic E-state index is 0.207. The van der Waals surface area contributed by atoms with Gasteiger partial charge in [0.25, 0.3) is 0 Å². The minimum atomic E-state index is 0.207. The lowest BCUT2D eigenvalue weighted by molar-refractivity contribution is 0.192. The van der Waals surface area contributed by atoms with Gasteiger partial charge in [0.2, 0.25) is 0 Å². The van der Waals surface area contributed by atoms with Gasteiger partial charge in [-0.3, -0.25) is 0 Å². The van der Waals surface area contributed by atoms with Crippen LogP contribution in [0.1, 0.15) is 26.7 Å². The molecule has 0 aliphatic carbocycles. The Balaban J connectivity index is 2.13. The van der Waals surface area contributed by atoms with E-state index in [9.17, 15) is 0 Å². The van der Waals surface area contributed by atoms with Gasteiger partial charge in [-0.15, -0.1) is 0 Å². The molecule has 1 unspecified atom stereocenters. The van der Waals surface area contributed by atoms with Gasteiger partial charge in [0.05, 0.1) is 4.47 Å². The SMILES string of the molecule is CCCNCC(CC)Oc1ccc2ccccc2c1Br. The molecule has 0 radical (unpaired) electrons. The van der Waals surface area contributed by atoms with Crippen LogP contribution in [0.5, 0.6) is 5.75 Å². The molecule has 2 rings (SSSR count). The smallest absolute Gasteiger partial charge is 0.134 e. The first-order chi connectivity index (χ1) is 9.76. The molecule has 0 aliphatic rings. The number of halogens is 1. The largest absolute Gasteiger partial charge is 0.488 e. The van der Waals surface area contributed by atoms with Crippen molar-refractivity contribution in [2.75, 3.05) is 13.1 Å². The van der Waals surface area contributed by atoms with Crippen LogP contribution < -0.4 is 10.1 Å². The molecular weight excluding hydrogens is 314 g/mol. The first kappa shape index (κ1) is 15.3. The van der Waals surface area contributed by atoms with Crippen molar-refractivity contribution in [1.29, 1.82) is 0 Å². The molecule has 108 valence electrons. The third-order valence-corrected chi connectivity index (χ3v) is 4.19. The predicted molar refractivity (Wildman–Crippen MR) is 89.5 cm³/mol. The lowest BCUT2D eigenvalue weighted by atomic mass is 10.1. The minimum Gasteiger partial charge on any atom is -0.488 e. The highest BCUT2D eigenvalue weighted by molar-refractivity contribution is 9.10. The molecule has 20 heavy (non-hydrogen) atoms. The standard InChI is InChI=1S/C17H22BrNO/c1-3-11-19-12-14(4-2)20-16-10-9-13-7-5-6-8-15(13)17(16)18/h5-10,14,19H,3-4,11-12H2,1-2H3. The Bertz CT molecular complexity index is 556. The van der Waals surface area contributed by atoms with Crippen LogP contribution in [0.25, 0.3) is 10.8 Å². The summed E-state index contributed by atoms with van der Waals surface area (Å²) in [6, 6.07) is 12.5. The van der Waals surface area contributed by atoms with Crippen molar-refractivity contribution < 1.29 is 4.74 Å². The molecule has 1 N–H and O–H groups in total. The van der Waals surface area contributed by atoms with Gasteiger partial charge in [-0.05, 0) is 52.2 Å². The Morgan fingerprint density at radius 1 is 1.15 bits per heavy atom. The van der Waals surface area contributed by atoms with Crippen LogP contribution in [0.3, 0.4) is 0 Å². The summed E-state index contributed by atoms with van der Waals surface area (Å²) < 4.78 is 7.19. The van der Waals surface area contributed by atoms with E-state index in [2.05, 4.69) is 71.5 Å². The summed E-state index contributed by atoms with van der Waals surface area (Å²) in [5, 5.41) is 5.84. The number of benzene rings is 2. The Labute approximate surface area is 129 Å². The number of hydrogen-bond acceptors (Lipinski definition) is 2. The van der Waals surface area contributed by atoms with Crippen LogP contribution in [-0.2, 0) is 0 Å². The fourth-order valence-corrected chi connectivity index (χ4v) is 2.78. The van der Waals surface area contributed by atoms with Crippen molar-refractivity contribution in [3.8, 4) is 5.75 Å². The zero-order valence-corrected chi connectivity index (χ0v) is 13.7. The molecule has 0 aromatic heterocycles. The second-order valence-electron chi connectivity index (χ2n) is 4.95. The van der Waals surface area contributed by atoms with Crippen molar-refractivity contribution in [1.82, 2.24) is 5.32 Å². The average molecular weight is 336 g/mol. The summed E-state index contributed by atoms with van der Waals surface area (Å²) in [7, 11) is 0. The van der Waals surface area contributed by atoms with Gasteiger partial charge in [-0.2, -0.15) is 0 Å². The second-order valence-corrected chi connectivity index (χ2v) is 5.74. The lowest BCUT2D eigenvalue weighted by Crippen LogP contribution is -2.31. The van der Waals surface area contributed by atoms with Gasteiger partial charge < -0.3 is 10.1 Å². The molecule has 0 fully saturated rings. The summed E-state index contributed by atoms with van der Waals surface area (Å²) in [4.78, 5) is 0. The Morgan fingerprint density at radius 3 is 2.70 bits per heavy atom. The Hall–Kier alpha value is -1.06. The van der Waals surface area contributed by atoms with E-state index in [-0.39, 0.29) is 6.10 Å². The number of hydrogen-bond donors (Lipinski definition) is 1. The van der Waals surface area contributed by atoms with Gasteiger partial charge in [0.15, 0.2) is 0 Å². The van der Waals surface area contributed by atoms with Crippen molar-refractivity contribution in [2.24, 2.45) is 0 Å². The molecule has 0 bridgehead atoms. The highest BCUT2D eigenvalue weighted by Gasteiger charge is 2.11. The molecule has 0 heterocycles. The maximum absolute atomic E-state index is 6.14. The number of rotatable bonds is 7. The van der Waals surface area contributed by atoms with Crippen LogP contribution in [0.4, 0.5) is 0 Å². The van der Waals surface area contributed by atoms with Gasteiger partial charge in [0, 0.05) is 6.54 Å². The molecule has 3 heteroatoms. The summed E-state index contributed by atoms with van der Waals surface area (Å²) in [6.07, 6.45) is 2.35. The van der Waals surface area contributed by atoms with E-state index in [1.807, 2.05) is 0 Å². The van der Waals surface area contributed by atoms with E-state index in [4.69, 9.17) is 4.74 Å². The van der Waals surface area contributed by atoms with Crippen molar-refractivity contribution in [3.63, 3.8) is 0 Å². The Morgan fingerprint density at radius 2 is 1.95 bits per heavy atom. The molecule has 0 spiro atoms. The molecule has 2 aromatic carbocycles. The maximum Gasteiger partial charge on any atom is 0.134 e. The van der Waals surface area contributed by atoms with E-state index in [0.29, 0.717) is 0 Å². The van der Waals surface area contributed by atoms with Crippen LogP contribution in [0, 0.1) is 0 Å². The van der Waals surface area contributed by atoms with Crippen LogP contribution in [-0.4, -0.2) is 19.2 Å². The van der Waals surface area contributed by atoms with Crippen LogP contribution in [0.15, 0.2) is 40.9 Å². The molecule has 2 nitrogen and oxygen atoms in total. The monoisotopic (exact) mass is 335 g/mol. The third kappa shape index (κ3) is 3.74. The molecule has 2 aromatic rings. The van der Waals surface area contributed by atoms with E-state index in [1.165, 1.54) is 10.8 Å². The van der Waals surface area contributed by atoms with Gasteiger partial charge >= 0.3 is 0 Å². The van der Waals surface area contributed by atoms with E-state index in [1.54, 1.807) is 0 Å². The second kappa shape index (κ2) is 7.65. The third-order valence-electron chi connectivity index (χ3n) is 3.38. The zero-order chi connectivity index (χ0) is 14.4. The molecular formula is C17H22BrNO. The fraction of sp³-hybridized carbons (Fsp3) is 0.412. The molecule has 0 amide bonds. The summed E-state index contributed by atoms with van der Waals surface area (Å²) >= 11 is 3.68. The fourth-order valence-electron chi connectivity index (χ4n) is 2.19. The van der Waals surface area contributed by atoms with Crippen molar-refractivity contribution in [3.05, 3.63) is 40.9 Å². The molecule has 0 saturated carbocycles. The molecule has 1 atom stereocenters. The molecule has 0 saturated heterocycles. The highest BCUT2D eigenvalue weighted by Crippen LogP contribution is 2.33.